The molecule has 56 heavy (non-hydrogen) atoms. The first-order valence-electron chi connectivity index (χ1n) is 20.0. The minimum absolute atomic E-state index is 0.0287. The molecule has 1 N–H and O–H groups in total. The van der Waals surface area contributed by atoms with Crippen molar-refractivity contribution in [3.8, 4) is 22.8 Å². The number of pyridine rings is 2. The fourth-order valence-electron chi connectivity index (χ4n) is 5.76. The summed E-state index contributed by atoms with van der Waals surface area (Å²) in [5.41, 5.74) is 1.78. The van der Waals surface area contributed by atoms with E-state index in [-0.39, 0.29) is 11.1 Å². The molecular weight excluding hydrogens is 734 g/mol. The minimum atomic E-state index is -0.273. The van der Waals surface area contributed by atoms with Gasteiger partial charge in [-0.05, 0) is 81.4 Å². The number of hydrogen-bond acceptors (Lipinski definition) is 13. The quantitative estimate of drug-likeness (QED) is 0.155. The lowest BCUT2D eigenvalue weighted by molar-refractivity contribution is -0.111. The van der Waals surface area contributed by atoms with Gasteiger partial charge in [0.2, 0.25) is 11.1 Å². The summed E-state index contributed by atoms with van der Waals surface area (Å²) in [5, 5.41) is 11.4. The predicted molar refractivity (Wildman–Crippen MR) is 220 cm³/mol. The van der Waals surface area contributed by atoms with Gasteiger partial charge in [-0.25, -0.2) is 9.97 Å². The molecule has 4 aromatic heterocycles. The lowest BCUT2D eigenvalue weighted by Gasteiger charge is -2.26. The van der Waals surface area contributed by atoms with E-state index in [0.29, 0.717) is 18.7 Å². The number of carbonyl (C=O) groups is 2. The zero-order chi connectivity index (χ0) is 40.4. The Bertz CT molecular complexity index is 1620. The monoisotopic (exact) mass is 795 g/mol. The number of aryl methyl sites for hydroxylation is 2. The number of carbonyl (C=O) groups excluding carboxylic acids is 2. The van der Waals surface area contributed by atoms with Crippen LogP contribution in [0.15, 0.2) is 49.1 Å². The summed E-state index contributed by atoms with van der Waals surface area (Å²) >= 11 is 4.82. The molecule has 6 rings (SSSR count). The minimum Gasteiger partial charge on any atom is -0.379 e. The second kappa shape index (κ2) is 27.6. The number of H-pyrrole nitrogens is 1. The maximum absolute atomic E-state index is 12.2. The van der Waals surface area contributed by atoms with Crippen LogP contribution in [0.3, 0.4) is 0 Å². The third-order valence-corrected chi connectivity index (χ3v) is 9.44. The Hall–Kier alpha value is -3.99. The Balaban J connectivity index is 0.000000236. The van der Waals surface area contributed by atoms with Crippen LogP contribution >= 0.6 is 11.6 Å². The number of aromatic nitrogens is 8. The fraction of sp³-hybridized carbons (Fsp3) is 0.600. The van der Waals surface area contributed by atoms with Crippen LogP contribution in [0.5, 0.6) is 0 Å². The smallest absolute Gasteiger partial charge is 0.248 e. The van der Waals surface area contributed by atoms with E-state index in [4.69, 9.17) is 21.1 Å². The van der Waals surface area contributed by atoms with Crippen LogP contribution in [-0.4, -0.2) is 151 Å². The molecule has 0 amide bonds. The molecule has 15 nitrogen and oxygen atoms in total. The highest BCUT2D eigenvalue weighted by Crippen LogP contribution is 2.16. The van der Waals surface area contributed by atoms with Gasteiger partial charge < -0.3 is 14.4 Å². The Morgan fingerprint density at radius 1 is 0.750 bits per heavy atom. The van der Waals surface area contributed by atoms with E-state index in [1.807, 2.05) is 31.2 Å². The molecule has 0 aliphatic carbocycles. The van der Waals surface area contributed by atoms with Gasteiger partial charge in [0.15, 0.2) is 11.6 Å². The van der Waals surface area contributed by atoms with Gasteiger partial charge in [0.1, 0.15) is 11.6 Å². The molecule has 0 atom stereocenters. The van der Waals surface area contributed by atoms with Crippen LogP contribution in [0.4, 0.5) is 0 Å². The van der Waals surface area contributed by atoms with E-state index < -0.39 is 0 Å². The number of hydrogen-bond donors (Lipinski definition) is 1. The average Bonchev–Trinajstić information content (AvgIpc) is 3.91. The van der Waals surface area contributed by atoms with Gasteiger partial charge in [-0.15, -0.1) is 5.10 Å². The number of nitrogens with one attached hydrogen (secondary N) is 1. The Kier molecular flexibility index (Phi) is 22.8. The first-order valence-corrected chi connectivity index (χ1v) is 20.4. The van der Waals surface area contributed by atoms with Gasteiger partial charge in [0.05, 0.1) is 26.4 Å². The number of rotatable bonds is 15. The number of aromatic amines is 1. The van der Waals surface area contributed by atoms with Crippen molar-refractivity contribution >= 4 is 22.8 Å². The van der Waals surface area contributed by atoms with E-state index in [2.05, 4.69) is 70.7 Å². The van der Waals surface area contributed by atoms with Crippen LogP contribution in [0.25, 0.3) is 22.8 Å². The third kappa shape index (κ3) is 17.4. The first kappa shape index (κ1) is 46.4. The van der Waals surface area contributed by atoms with E-state index in [1.54, 1.807) is 31.7 Å². The Morgan fingerprint density at radius 3 is 1.71 bits per heavy atom. The van der Waals surface area contributed by atoms with Crippen molar-refractivity contribution in [3.05, 3.63) is 60.7 Å². The van der Waals surface area contributed by atoms with Gasteiger partial charge in [-0.1, -0.05) is 34.6 Å². The summed E-state index contributed by atoms with van der Waals surface area (Å²) in [6.07, 6.45) is 11.5. The van der Waals surface area contributed by atoms with Gasteiger partial charge in [0, 0.05) is 87.8 Å². The number of nitrogens with zero attached hydrogens (tertiary/aromatic N) is 10. The number of ether oxygens (including phenoxy) is 2. The zero-order valence-corrected chi connectivity index (χ0v) is 34.8. The van der Waals surface area contributed by atoms with Crippen LogP contribution in [0.1, 0.15) is 76.7 Å². The molecule has 0 aromatic carbocycles. The van der Waals surface area contributed by atoms with E-state index in [9.17, 15) is 9.59 Å². The number of halogens is 1. The van der Waals surface area contributed by atoms with Crippen molar-refractivity contribution in [1.29, 1.82) is 0 Å². The Labute approximate surface area is 337 Å². The van der Waals surface area contributed by atoms with Gasteiger partial charge in [-0.3, -0.25) is 34.5 Å². The van der Waals surface area contributed by atoms with Crippen LogP contribution < -0.4 is 0 Å². The molecule has 0 bridgehead atoms. The van der Waals surface area contributed by atoms with E-state index in [0.717, 1.165) is 120 Å². The van der Waals surface area contributed by atoms with Crippen molar-refractivity contribution in [2.75, 3.05) is 85.3 Å². The van der Waals surface area contributed by atoms with Crippen molar-refractivity contribution in [1.82, 2.24) is 54.6 Å². The lowest BCUT2D eigenvalue weighted by Crippen LogP contribution is -2.37. The molecule has 2 aliphatic heterocycles. The van der Waals surface area contributed by atoms with E-state index in [1.165, 1.54) is 24.3 Å². The maximum Gasteiger partial charge on any atom is 0.248 e. The first-order chi connectivity index (χ1) is 27.3. The lowest BCUT2D eigenvalue weighted by atomic mass is 10.2. The van der Waals surface area contributed by atoms with Crippen LogP contribution in [0, 0.1) is 0 Å². The third-order valence-electron chi connectivity index (χ3n) is 9.17. The van der Waals surface area contributed by atoms with Crippen molar-refractivity contribution in [2.24, 2.45) is 0 Å². The normalized spacial score (nSPS) is 14.5. The van der Waals surface area contributed by atoms with E-state index >= 15 is 0 Å². The van der Waals surface area contributed by atoms with Gasteiger partial charge in [-0.2, -0.15) is 9.78 Å². The summed E-state index contributed by atoms with van der Waals surface area (Å²) in [4.78, 5) is 46.2. The summed E-state index contributed by atoms with van der Waals surface area (Å²) in [6.45, 7) is 23.1. The molecule has 4 aromatic rings. The number of morpholine rings is 2. The van der Waals surface area contributed by atoms with Crippen molar-refractivity contribution in [3.63, 3.8) is 0 Å². The molecule has 308 valence electrons. The largest absolute Gasteiger partial charge is 0.379 e. The summed E-state index contributed by atoms with van der Waals surface area (Å²) in [6, 6.07) is 7.61. The Morgan fingerprint density at radius 2 is 1.27 bits per heavy atom. The van der Waals surface area contributed by atoms with Crippen molar-refractivity contribution < 1.29 is 19.1 Å². The molecule has 0 spiro atoms. The predicted octanol–water partition coefficient (Wildman–Crippen LogP) is 5.30. The van der Waals surface area contributed by atoms with Crippen LogP contribution in [0.2, 0.25) is 0 Å². The molecule has 16 heteroatoms. The standard InChI is InChI=1S/C17H23N5O2.C14H19N5O.C6H15N.C3H5ClO/c1-2-16(23)22-15(6-4-8-21-9-11-24-12-10-21)19-17(20-22)14-5-3-7-18-13-14;1-3-12(11-15-5-1)14-16-13(17-18-14)4-2-6-19-7-9-20-10-8-19;1-4-7(5-2)6-3;1-2-3(4)5/h3,5,7,13H,2,4,6,8-12H2,1H3;1,3,5,11H,2,4,6-10H2,(H,16,17,18);4-6H2,1-3H3;2H2,1H3. The molecule has 6 heterocycles. The van der Waals surface area contributed by atoms with Gasteiger partial charge in [0.25, 0.3) is 0 Å². The molecule has 2 aliphatic rings. The second-order valence-electron chi connectivity index (χ2n) is 13.0. The average molecular weight is 796 g/mol. The molecule has 2 saturated heterocycles. The highest BCUT2D eigenvalue weighted by molar-refractivity contribution is 6.63. The summed E-state index contributed by atoms with van der Waals surface area (Å²) < 4.78 is 12.2. The SMILES string of the molecule is CCC(=O)Cl.CCC(=O)n1nc(-c2cccnc2)nc1CCCN1CCOCC1.CCN(CC)CC.c1cncc(-c2n[nH]c(CCCN3CCOCC3)n2)c1. The molecule has 0 unspecified atom stereocenters. The maximum atomic E-state index is 12.2. The zero-order valence-electron chi connectivity index (χ0n) is 34.0. The highest BCUT2D eigenvalue weighted by atomic mass is 35.5. The second-order valence-corrected chi connectivity index (χ2v) is 13.5. The van der Waals surface area contributed by atoms with Crippen LogP contribution in [-0.2, 0) is 27.1 Å². The molecular formula is C40H62ClN11O4. The molecule has 0 saturated carbocycles. The summed E-state index contributed by atoms with van der Waals surface area (Å²) in [7, 11) is 0. The molecule has 2 fully saturated rings. The molecule has 0 radical (unpaired) electrons. The fourth-order valence-corrected chi connectivity index (χ4v) is 5.76. The summed E-state index contributed by atoms with van der Waals surface area (Å²) in [5.74, 6) is 2.93. The highest BCUT2D eigenvalue weighted by Gasteiger charge is 2.17. The topological polar surface area (TPSA) is 160 Å². The van der Waals surface area contributed by atoms with Gasteiger partial charge >= 0.3 is 0 Å². The van der Waals surface area contributed by atoms with Crippen molar-refractivity contribution in [2.45, 2.75) is 73.1 Å².